The lowest BCUT2D eigenvalue weighted by molar-refractivity contribution is -0.145. The van der Waals surface area contributed by atoms with Gasteiger partial charge >= 0.3 is 5.97 Å². The van der Waals surface area contributed by atoms with Crippen molar-refractivity contribution in [2.24, 2.45) is 11.8 Å². The second-order valence-corrected chi connectivity index (χ2v) is 10.0. The molecule has 7 heteroatoms. The highest BCUT2D eigenvalue weighted by Gasteiger charge is 2.43. The van der Waals surface area contributed by atoms with Crippen LogP contribution < -0.4 is 5.32 Å². The number of aliphatic carboxylic acids is 1. The van der Waals surface area contributed by atoms with Crippen LogP contribution in [0.1, 0.15) is 75.1 Å². The van der Waals surface area contributed by atoms with Gasteiger partial charge in [-0.25, -0.2) is 9.97 Å². The number of amides is 1. The zero-order chi connectivity index (χ0) is 22.2. The van der Waals surface area contributed by atoms with E-state index in [0.717, 1.165) is 48.9 Å². The monoisotopic (exact) mass is 436 g/mol. The molecule has 1 aromatic carbocycles. The van der Waals surface area contributed by atoms with Crippen LogP contribution in [0.15, 0.2) is 24.4 Å². The standard InChI is InChI=1S/C25H32N4O3/c1-15-5-8-19(9-6-15)27-25-26-14-18-11-16(7-10-22(18)28-25)23(30)29-20-3-2-4-21(29)13-17(12-20)24(31)32/h7,10-11,14-15,17,19-21H,2-6,8-9,12-13H2,1H3,(H,31,32)(H,26,27,28)/t15-,17?,19-,20?,21?. The maximum Gasteiger partial charge on any atom is 0.306 e. The summed E-state index contributed by atoms with van der Waals surface area (Å²) in [5.41, 5.74) is 1.46. The number of carbonyl (C=O) groups is 2. The smallest absolute Gasteiger partial charge is 0.306 e. The molecule has 170 valence electrons. The molecule has 2 N–H and O–H groups in total. The second-order valence-electron chi connectivity index (χ2n) is 10.0. The average Bonchev–Trinajstić information content (AvgIpc) is 2.79. The second kappa shape index (κ2) is 8.68. The van der Waals surface area contributed by atoms with E-state index >= 15 is 0 Å². The van der Waals surface area contributed by atoms with Gasteiger partial charge in [0, 0.05) is 35.3 Å². The minimum atomic E-state index is -0.732. The van der Waals surface area contributed by atoms with E-state index in [1.54, 1.807) is 6.20 Å². The van der Waals surface area contributed by atoms with Crippen LogP contribution in [0.25, 0.3) is 10.9 Å². The molecule has 0 spiro atoms. The first-order valence-electron chi connectivity index (χ1n) is 12.1. The normalized spacial score (nSPS) is 30.2. The van der Waals surface area contributed by atoms with Crippen molar-refractivity contribution in [1.82, 2.24) is 14.9 Å². The average molecular weight is 437 g/mol. The number of nitrogens with zero attached hydrogens (tertiary/aromatic N) is 3. The molecule has 0 radical (unpaired) electrons. The molecule has 1 saturated carbocycles. The Morgan fingerprint density at radius 3 is 2.47 bits per heavy atom. The van der Waals surface area contributed by atoms with E-state index in [1.165, 1.54) is 12.8 Å². The molecule has 3 aliphatic rings. The van der Waals surface area contributed by atoms with Gasteiger partial charge in [0.15, 0.2) is 0 Å². The largest absolute Gasteiger partial charge is 0.481 e. The molecule has 2 bridgehead atoms. The first-order valence-corrected chi connectivity index (χ1v) is 12.1. The van der Waals surface area contributed by atoms with Crippen molar-refractivity contribution >= 4 is 28.7 Å². The van der Waals surface area contributed by atoms with Crippen LogP contribution in [0.3, 0.4) is 0 Å². The highest BCUT2D eigenvalue weighted by Crippen LogP contribution is 2.38. The molecule has 3 heterocycles. The Morgan fingerprint density at radius 1 is 1.06 bits per heavy atom. The molecule has 1 amide bonds. The Labute approximate surface area is 188 Å². The summed E-state index contributed by atoms with van der Waals surface area (Å²) in [6.07, 6.45) is 10.5. The number of carboxylic acid groups (broad SMARTS) is 1. The van der Waals surface area contributed by atoms with Crippen LogP contribution in [0.5, 0.6) is 0 Å². The molecule has 5 rings (SSSR count). The molecule has 2 saturated heterocycles. The Balaban J connectivity index is 1.32. The van der Waals surface area contributed by atoms with Crippen molar-refractivity contribution in [1.29, 1.82) is 0 Å². The van der Waals surface area contributed by atoms with Crippen LogP contribution in [-0.4, -0.2) is 50.0 Å². The van der Waals surface area contributed by atoms with Gasteiger partial charge in [-0.2, -0.15) is 0 Å². The number of hydrogen-bond donors (Lipinski definition) is 2. The van der Waals surface area contributed by atoms with Crippen LogP contribution in [0.2, 0.25) is 0 Å². The van der Waals surface area contributed by atoms with Crippen molar-refractivity contribution in [3.8, 4) is 0 Å². The van der Waals surface area contributed by atoms with E-state index in [1.807, 2.05) is 23.1 Å². The van der Waals surface area contributed by atoms with Crippen molar-refractivity contribution in [3.63, 3.8) is 0 Å². The maximum absolute atomic E-state index is 13.4. The molecule has 2 aromatic rings. The van der Waals surface area contributed by atoms with E-state index in [9.17, 15) is 14.7 Å². The van der Waals surface area contributed by atoms with Gasteiger partial charge in [-0.15, -0.1) is 0 Å². The summed E-state index contributed by atoms with van der Waals surface area (Å²) in [6.45, 7) is 2.31. The van der Waals surface area contributed by atoms with Gasteiger partial charge in [0.25, 0.3) is 5.91 Å². The van der Waals surface area contributed by atoms with Gasteiger partial charge in [0.1, 0.15) is 0 Å². The Morgan fingerprint density at radius 2 is 1.78 bits per heavy atom. The van der Waals surface area contributed by atoms with Gasteiger partial charge in [0.05, 0.1) is 11.4 Å². The highest BCUT2D eigenvalue weighted by molar-refractivity contribution is 5.98. The lowest BCUT2D eigenvalue weighted by Crippen LogP contribution is -2.55. The summed E-state index contributed by atoms with van der Waals surface area (Å²) in [6, 6.07) is 6.10. The zero-order valence-electron chi connectivity index (χ0n) is 18.7. The number of piperidine rings is 2. The molecule has 32 heavy (non-hydrogen) atoms. The predicted molar refractivity (Wildman–Crippen MR) is 123 cm³/mol. The van der Waals surface area contributed by atoms with Crippen LogP contribution in [-0.2, 0) is 4.79 Å². The number of rotatable bonds is 4. The third-order valence-corrected chi connectivity index (χ3v) is 7.73. The predicted octanol–water partition coefficient (Wildman–Crippen LogP) is 4.48. The fourth-order valence-electron chi connectivity index (χ4n) is 5.89. The summed E-state index contributed by atoms with van der Waals surface area (Å²) in [4.78, 5) is 36.1. The van der Waals surface area contributed by atoms with Gasteiger partial charge in [-0.05, 0) is 81.9 Å². The number of nitrogens with one attached hydrogen (secondary N) is 1. The summed E-state index contributed by atoms with van der Waals surface area (Å²) in [5.74, 6) is 0.392. The number of anilines is 1. The number of benzene rings is 1. The first-order chi connectivity index (χ1) is 15.5. The zero-order valence-corrected chi connectivity index (χ0v) is 18.7. The maximum atomic E-state index is 13.4. The van der Waals surface area contributed by atoms with Crippen molar-refractivity contribution < 1.29 is 14.7 Å². The molecule has 7 nitrogen and oxygen atoms in total. The van der Waals surface area contributed by atoms with E-state index in [4.69, 9.17) is 0 Å². The van der Waals surface area contributed by atoms with E-state index < -0.39 is 5.97 Å². The number of carbonyl (C=O) groups excluding carboxylic acids is 1. The third kappa shape index (κ3) is 4.17. The van der Waals surface area contributed by atoms with Gasteiger partial charge in [0.2, 0.25) is 5.95 Å². The van der Waals surface area contributed by atoms with Gasteiger partial charge < -0.3 is 15.3 Å². The fraction of sp³-hybridized carbons (Fsp3) is 0.600. The van der Waals surface area contributed by atoms with Crippen LogP contribution >= 0.6 is 0 Å². The minimum Gasteiger partial charge on any atom is -0.481 e. The van der Waals surface area contributed by atoms with Gasteiger partial charge in [-0.1, -0.05) is 6.92 Å². The summed E-state index contributed by atoms with van der Waals surface area (Å²) >= 11 is 0. The molecule has 2 atom stereocenters. The SMILES string of the molecule is C[C@H]1CC[C@H](Nc2ncc3cc(C(=O)N4C5CCCC4CC(C(=O)O)C5)ccc3n2)CC1. The summed E-state index contributed by atoms with van der Waals surface area (Å²) in [5, 5.41) is 13.8. The highest BCUT2D eigenvalue weighted by atomic mass is 16.4. The number of aromatic nitrogens is 2. The number of hydrogen-bond acceptors (Lipinski definition) is 5. The molecular formula is C25H32N4O3. The van der Waals surface area contributed by atoms with Crippen molar-refractivity contribution in [3.05, 3.63) is 30.0 Å². The topological polar surface area (TPSA) is 95.4 Å². The van der Waals surface area contributed by atoms with E-state index in [-0.39, 0.29) is 23.9 Å². The molecule has 2 unspecified atom stereocenters. The quantitative estimate of drug-likeness (QED) is 0.734. The Hall–Kier alpha value is -2.70. The number of carboxylic acids is 1. The van der Waals surface area contributed by atoms with Crippen molar-refractivity contribution in [2.45, 2.75) is 82.8 Å². The lowest BCUT2D eigenvalue weighted by atomic mass is 9.78. The third-order valence-electron chi connectivity index (χ3n) is 7.73. The Kier molecular flexibility index (Phi) is 5.74. The number of fused-ring (bicyclic) bond motifs is 3. The van der Waals surface area contributed by atoms with E-state index in [0.29, 0.717) is 30.4 Å². The van der Waals surface area contributed by atoms with E-state index in [2.05, 4.69) is 22.2 Å². The van der Waals surface area contributed by atoms with Crippen LogP contribution in [0.4, 0.5) is 5.95 Å². The molecule has 1 aromatic heterocycles. The van der Waals surface area contributed by atoms with Crippen molar-refractivity contribution in [2.75, 3.05) is 5.32 Å². The molecular weight excluding hydrogens is 404 g/mol. The lowest BCUT2D eigenvalue weighted by Gasteiger charge is -2.48. The summed E-state index contributed by atoms with van der Waals surface area (Å²) in [7, 11) is 0. The van der Waals surface area contributed by atoms with Crippen LogP contribution in [0, 0.1) is 11.8 Å². The molecule has 1 aliphatic carbocycles. The Bertz CT molecular complexity index is 1000. The minimum absolute atomic E-state index is 0.00367. The first kappa shape index (κ1) is 21.2. The summed E-state index contributed by atoms with van der Waals surface area (Å²) < 4.78 is 0. The van der Waals surface area contributed by atoms with Gasteiger partial charge in [-0.3, -0.25) is 9.59 Å². The fourth-order valence-corrected chi connectivity index (χ4v) is 5.89. The molecule has 3 fully saturated rings. The molecule has 2 aliphatic heterocycles.